The lowest BCUT2D eigenvalue weighted by atomic mass is 10.2. The monoisotopic (exact) mass is 267 g/mol. The van der Waals surface area contributed by atoms with E-state index in [2.05, 4.69) is 42.5 Å². The lowest BCUT2D eigenvalue weighted by Crippen LogP contribution is -2.15. The molecular weight excluding hydrogens is 250 g/mol. The highest BCUT2D eigenvalue weighted by atomic mass is 15.3. The fourth-order valence-electron chi connectivity index (χ4n) is 3.02. The summed E-state index contributed by atoms with van der Waals surface area (Å²) in [4.78, 5) is 4.61. The van der Waals surface area contributed by atoms with Gasteiger partial charge in [0.2, 0.25) is 0 Å². The molecule has 0 unspecified atom stereocenters. The van der Waals surface area contributed by atoms with E-state index in [4.69, 9.17) is 0 Å². The molecule has 3 aromatic rings. The largest absolute Gasteiger partial charge is 0.320 e. The van der Waals surface area contributed by atoms with Crippen LogP contribution < -0.4 is 0 Å². The topological polar surface area (TPSA) is 48.5 Å². The third-order valence-electron chi connectivity index (χ3n) is 4.08. The molecule has 0 aliphatic carbocycles. The van der Waals surface area contributed by atoms with Gasteiger partial charge in [-0.15, -0.1) is 10.2 Å². The number of hydrogen-bond acceptors (Lipinski definition) is 3. The maximum Gasteiger partial charge on any atom is 0.153 e. The molecule has 2 aromatic heterocycles. The molecule has 0 amide bonds. The molecule has 0 atom stereocenters. The van der Waals surface area contributed by atoms with Gasteiger partial charge in [-0.3, -0.25) is 0 Å². The van der Waals surface area contributed by atoms with E-state index in [1.165, 1.54) is 12.8 Å². The summed E-state index contributed by atoms with van der Waals surface area (Å²) in [5.74, 6) is 3.21. The average molecular weight is 267 g/mol. The Morgan fingerprint density at radius 3 is 3.00 bits per heavy atom. The normalized spacial score (nSPS) is 14.7. The fourth-order valence-corrected chi connectivity index (χ4v) is 3.02. The van der Waals surface area contributed by atoms with Crippen LogP contribution in [0.25, 0.3) is 11.0 Å². The summed E-state index contributed by atoms with van der Waals surface area (Å²) in [7, 11) is 0. The number of hydrogen-bond donors (Lipinski definition) is 0. The molecule has 4 rings (SSSR count). The van der Waals surface area contributed by atoms with E-state index in [0.717, 1.165) is 48.0 Å². The number of nitrogens with zero attached hydrogens (tertiary/aromatic N) is 5. The molecule has 1 aliphatic rings. The summed E-state index contributed by atoms with van der Waals surface area (Å²) >= 11 is 0. The summed E-state index contributed by atoms with van der Waals surface area (Å²) in [5.41, 5.74) is 2.21. The van der Waals surface area contributed by atoms with Crippen LogP contribution in [0.3, 0.4) is 0 Å². The van der Waals surface area contributed by atoms with Gasteiger partial charge in [-0.1, -0.05) is 12.1 Å². The van der Waals surface area contributed by atoms with Crippen molar-refractivity contribution in [3.8, 4) is 0 Å². The molecule has 0 N–H and O–H groups in total. The molecule has 1 aliphatic heterocycles. The number of fused-ring (bicyclic) bond motifs is 2. The van der Waals surface area contributed by atoms with Crippen molar-refractivity contribution >= 4 is 11.0 Å². The summed E-state index contributed by atoms with van der Waals surface area (Å²) in [5, 5.41) is 8.71. The number of aryl methyl sites for hydroxylation is 2. The summed E-state index contributed by atoms with van der Waals surface area (Å²) < 4.78 is 4.50. The molecule has 1 aromatic carbocycles. The van der Waals surface area contributed by atoms with Crippen molar-refractivity contribution < 1.29 is 0 Å². The van der Waals surface area contributed by atoms with E-state index in [9.17, 15) is 0 Å². The van der Waals surface area contributed by atoms with Crippen molar-refractivity contribution in [2.24, 2.45) is 0 Å². The molecule has 0 bridgehead atoms. The van der Waals surface area contributed by atoms with Crippen molar-refractivity contribution in [2.45, 2.75) is 39.3 Å². The fraction of sp³-hybridized carbons (Fsp3) is 0.400. The van der Waals surface area contributed by atoms with Gasteiger partial charge in [0.05, 0.1) is 17.6 Å². The SMILES string of the molecule is Cc1nc2ccccc2n1Cc1nnc2n1CCCC2. The predicted molar refractivity (Wildman–Crippen MR) is 76.5 cm³/mol. The van der Waals surface area contributed by atoms with E-state index in [-0.39, 0.29) is 0 Å². The van der Waals surface area contributed by atoms with Crippen LogP contribution in [0.1, 0.15) is 30.3 Å². The quantitative estimate of drug-likeness (QED) is 0.716. The Morgan fingerprint density at radius 1 is 1.15 bits per heavy atom. The molecule has 0 radical (unpaired) electrons. The van der Waals surface area contributed by atoms with Crippen LogP contribution >= 0.6 is 0 Å². The van der Waals surface area contributed by atoms with Crippen LogP contribution in [0.2, 0.25) is 0 Å². The van der Waals surface area contributed by atoms with Gasteiger partial charge in [0, 0.05) is 13.0 Å². The van der Waals surface area contributed by atoms with Crippen molar-refractivity contribution in [2.75, 3.05) is 0 Å². The van der Waals surface area contributed by atoms with Crippen LogP contribution in [-0.2, 0) is 19.5 Å². The highest BCUT2D eigenvalue weighted by molar-refractivity contribution is 5.75. The van der Waals surface area contributed by atoms with Crippen molar-refractivity contribution in [1.82, 2.24) is 24.3 Å². The van der Waals surface area contributed by atoms with Crippen LogP contribution in [0.5, 0.6) is 0 Å². The standard InChI is InChI=1S/C15H17N5/c1-11-16-12-6-2-3-7-13(12)20(11)10-15-18-17-14-8-4-5-9-19(14)15/h2-3,6-7H,4-5,8-10H2,1H3. The second-order valence-electron chi connectivity index (χ2n) is 5.38. The minimum absolute atomic E-state index is 0.749. The summed E-state index contributed by atoms with van der Waals surface area (Å²) in [6.07, 6.45) is 3.50. The van der Waals surface area contributed by atoms with E-state index in [1.54, 1.807) is 0 Å². The first-order valence-electron chi connectivity index (χ1n) is 7.16. The number of para-hydroxylation sites is 2. The predicted octanol–water partition coefficient (Wildman–Crippen LogP) is 2.32. The van der Waals surface area contributed by atoms with Crippen LogP contribution in [0.4, 0.5) is 0 Å². The van der Waals surface area contributed by atoms with Crippen molar-refractivity contribution in [3.63, 3.8) is 0 Å². The molecule has 5 heteroatoms. The van der Waals surface area contributed by atoms with E-state index in [1.807, 2.05) is 13.0 Å². The molecule has 0 saturated heterocycles. The van der Waals surface area contributed by atoms with E-state index in [0.29, 0.717) is 0 Å². The zero-order valence-electron chi connectivity index (χ0n) is 11.6. The Labute approximate surface area is 117 Å². The van der Waals surface area contributed by atoms with Gasteiger partial charge >= 0.3 is 0 Å². The summed E-state index contributed by atoms with van der Waals surface area (Å²) in [6, 6.07) is 8.25. The molecule has 20 heavy (non-hydrogen) atoms. The van der Waals surface area contributed by atoms with Gasteiger partial charge in [-0.05, 0) is 31.9 Å². The van der Waals surface area contributed by atoms with E-state index < -0.39 is 0 Å². The lowest BCUT2D eigenvalue weighted by molar-refractivity contribution is 0.502. The first-order chi connectivity index (χ1) is 9.83. The minimum Gasteiger partial charge on any atom is -0.320 e. The van der Waals surface area contributed by atoms with Crippen LogP contribution in [0, 0.1) is 6.92 Å². The molecule has 3 heterocycles. The molecule has 5 nitrogen and oxygen atoms in total. The Bertz CT molecular complexity index is 768. The van der Waals surface area contributed by atoms with Gasteiger partial charge in [0.25, 0.3) is 0 Å². The average Bonchev–Trinajstić information content (AvgIpc) is 3.02. The molecule has 102 valence electrons. The number of rotatable bonds is 2. The number of imidazole rings is 1. The van der Waals surface area contributed by atoms with E-state index >= 15 is 0 Å². The maximum atomic E-state index is 4.61. The zero-order chi connectivity index (χ0) is 13.5. The van der Waals surface area contributed by atoms with Crippen LogP contribution in [-0.4, -0.2) is 24.3 Å². The highest BCUT2D eigenvalue weighted by Gasteiger charge is 2.17. The summed E-state index contributed by atoms with van der Waals surface area (Å²) in [6.45, 7) is 3.84. The number of aromatic nitrogens is 5. The van der Waals surface area contributed by atoms with Gasteiger partial charge < -0.3 is 9.13 Å². The second kappa shape index (κ2) is 4.44. The van der Waals surface area contributed by atoms with Gasteiger partial charge in [0.1, 0.15) is 11.6 Å². The van der Waals surface area contributed by atoms with Crippen molar-refractivity contribution in [1.29, 1.82) is 0 Å². The number of benzene rings is 1. The third-order valence-corrected chi connectivity index (χ3v) is 4.08. The Kier molecular flexibility index (Phi) is 2.58. The highest BCUT2D eigenvalue weighted by Crippen LogP contribution is 2.19. The third kappa shape index (κ3) is 1.73. The lowest BCUT2D eigenvalue weighted by Gasteiger charge is -2.15. The molecule has 0 spiro atoms. The Hall–Kier alpha value is -2.17. The first kappa shape index (κ1) is 11.6. The van der Waals surface area contributed by atoms with Gasteiger partial charge in [-0.25, -0.2) is 4.98 Å². The van der Waals surface area contributed by atoms with Crippen molar-refractivity contribution in [3.05, 3.63) is 41.7 Å². The van der Waals surface area contributed by atoms with Crippen LogP contribution in [0.15, 0.2) is 24.3 Å². The zero-order valence-corrected chi connectivity index (χ0v) is 11.6. The maximum absolute atomic E-state index is 4.61. The van der Waals surface area contributed by atoms with Gasteiger partial charge in [-0.2, -0.15) is 0 Å². The Morgan fingerprint density at radius 2 is 2.05 bits per heavy atom. The molecular formula is C15H17N5. The Balaban J connectivity index is 1.78. The molecule has 0 saturated carbocycles. The van der Waals surface area contributed by atoms with Gasteiger partial charge in [0.15, 0.2) is 5.82 Å². The second-order valence-corrected chi connectivity index (χ2v) is 5.38. The minimum atomic E-state index is 0.749. The first-order valence-corrected chi connectivity index (χ1v) is 7.16. The molecule has 0 fully saturated rings. The smallest absolute Gasteiger partial charge is 0.153 e.